The molecular formula is C12H15N3O2S. The van der Waals surface area contributed by atoms with E-state index in [0.29, 0.717) is 30.1 Å². The summed E-state index contributed by atoms with van der Waals surface area (Å²) in [6, 6.07) is 3.73. The number of hydrogen-bond acceptors (Lipinski definition) is 5. The van der Waals surface area contributed by atoms with Gasteiger partial charge in [-0.1, -0.05) is 0 Å². The number of carbonyl (C=O) groups is 1. The van der Waals surface area contributed by atoms with Crippen LogP contribution in [0.2, 0.25) is 0 Å². The largest absolute Gasteiger partial charge is 0.392 e. The molecule has 2 heterocycles. The molecule has 1 fully saturated rings. The van der Waals surface area contributed by atoms with Crippen LogP contribution in [0, 0.1) is 11.3 Å². The predicted octanol–water partition coefficient (Wildman–Crippen LogP) is 1.01. The monoisotopic (exact) mass is 265 g/mol. The highest BCUT2D eigenvalue weighted by Gasteiger charge is 2.20. The van der Waals surface area contributed by atoms with Crippen LogP contribution in [0.1, 0.15) is 18.4 Å². The first kappa shape index (κ1) is 13.0. The molecule has 0 spiro atoms. The number of nitrogens with one attached hydrogen (secondary N) is 1. The van der Waals surface area contributed by atoms with Gasteiger partial charge in [0.2, 0.25) is 5.91 Å². The fourth-order valence-corrected chi connectivity index (χ4v) is 2.71. The predicted molar refractivity (Wildman–Crippen MR) is 69.3 cm³/mol. The van der Waals surface area contributed by atoms with E-state index in [9.17, 15) is 9.90 Å². The first-order chi connectivity index (χ1) is 8.69. The Hall–Kier alpha value is -1.42. The lowest BCUT2D eigenvalue weighted by atomic mass is 10.3. The molecule has 1 aromatic rings. The van der Waals surface area contributed by atoms with Crippen molar-refractivity contribution in [2.75, 3.05) is 25.0 Å². The molecular weight excluding hydrogens is 250 g/mol. The van der Waals surface area contributed by atoms with Crippen molar-refractivity contribution in [2.45, 2.75) is 18.9 Å². The van der Waals surface area contributed by atoms with Crippen LogP contribution in [-0.4, -0.2) is 41.7 Å². The summed E-state index contributed by atoms with van der Waals surface area (Å²) in [5, 5.41) is 23.3. The highest BCUT2D eigenvalue weighted by molar-refractivity contribution is 7.14. The van der Waals surface area contributed by atoms with Crippen molar-refractivity contribution >= 4 is 22.2 Å². The molecule has 1 aliphatic rings. The van der Waals surface area contributed by atoms with Gasteiger partial charge in [-0.3, -0.25) is 4.79 Å². The second-order valence-electron chi connectivity index (χ2n) is 4.32. The Morgan fingerprint density at radius 1 is 1.72 bits per heavy atom. The molecule has 0 saturated carbocycles. The molecule has 0 aromatic carbocycles. The zero-order valence-corrected chi connectivity index (χ0v) is 10.7. The van der Waals surface area contributed by atoms with Crippen molar-refractivity contribution in [3.8, 4) is 6.07 Å². The maximum Gasteiger partial charge on any atom is 0.226 e. The van der Waals surface area contributed by atoms with Crippen LogP contribution >= 0.6 is 11.3 Å². The van der Waals surface area contributed by atoms with Crippen LogP contribution < -0.4 is 5.32 Å². The van der Waals surface area contributed by atoms with E-state index >= 15 is 0 Å². The fraction of sp³-hybridized carbons (Fsp3) is 0.500. The van der Waals surface area contributed by atoms with Crippen LogP contribution in [0.4, 0.5) is 5.00 Å². The minimum atomic E-state index is -0.254. The normalized spacial score (nSPS) is 19.7. The molecule has 0 radical (unpaired) electrons. The van der Waals surface area contributed by atoms with Crippen molar-refractivity contribution in [1.29, 1.82) is 5.26 Å². The molecule has 2 rings (SSSR count). The Kier molecular flexibility index (Phi) is 4.31. The average molecular weight is 265 g/mol. The Balaban J connectivity index is 1.77. The second kappa shape index (κ2) is 5.96. The first-order valence-electron chi connectivity index (χ1n) is 5.87. The lowest BCUT2D eigenvalue weighted by Crippen LogP contribution is -2.26. The van der Waals surface area contributed by atoms with Crippen LogP contribution in [0.25, 0.3) is 0 Å². The minimum Gasteiger partial charge on any atom is -0.392 e. The van der Waals surface area contributed by atoms with Gasteiger partial charge in [0.15, 0.2) is 0 Å². The second-order valence-corrected chi connectivity index (χ2v) is 5.23. The fourth-order valence-electron chi connectivity index (χ4n) is 1.96. The molecule has 1 aromatic heterocycles. The van der Waals surface area contributed by atoms with Crippen molar-refractivity contribution in [1.82, 2.24) is 4.90 Å². The van der Waals surface area contributed by atoms with Crippen LogP contribution in [0.3, 0.4) is 0 Å². The summed E-state index contributed by atoms with van der Waals surface area (Å²) < 4.78 is 0. The summed E-state index contributed by atoms with van der Waals surface area (Å²) in [5.74, 6) is -0.0876. The number of nitrogens with zero attached hydrogens (tertiary/aromatic N) is 2. The Labute approximate surface area is 110 Å². The van der Waals surface area contributed by atoms with Gasteiger partial charge in [-0.05, 0) is 17.9 Å². The van der Waals surface area contributed by atoms with E-state index in [1.54, 1.807) is 11.4 Å². The van der Waals surface area contributed by atoms with E-state index in [1.165, 1.54) is 11.3 Å². The Morgan fingerprint density at radius 2 is 2.56 bits per heavy atom. The molecule has 6 heteroatoms. The highest BCUT2D eigenvalue weighted by Crippen LogP contribution is 2.22. The van der Waals surface area contributed by atoms with Crippen molar-refractivity contribution in [3.05, 3.63) is 17.0 Å². The molecule has 96 valence electrons. The smallest absolute Gasteiger partial charge is 0.226 e. The van der Waals surface area contributed by atoms with E-state index in [1.807, 2.05) is 6.07 Å². The number of rotatable bonds is 4. The van der Waals surface area contributed by atoms with Crippen molar-refractivity contribution in [2.24, 2.45) is 0 Å². The molecule has 5 nitrogen and oxygen atoms in total. The van der Waals surface area contributed by atoms with Crippen LogP contribution in [0.15, 0.2) is 11.4 Å². The maximum atomic E-state index is 11.7. The zero-order chi connectivity index (χ0) is 13.0. The summed E-state index contributed by atoms with van der Waals surface area (Å²) in [7, 11) is 0. The molecule has 0 aliphatic carbocycles. The molecule has 18 heavy (non-hydrogen) atoms. The average Bonchev–Trinajstić information content (AvgIpc) is 2.95. The number of anilines is 1. The first-order valence-corrected chi connectivity index (χ1v) is 6.75. The standard InChI is InChI=1S/C12H15N3O2S/c13-7-9-3-6-18-12(9)14-11(17)2-5-15-4-1-10(16)8-15/h3,6,10,16H,1-2,4-5,8H2,(H,14,17)/t10-/m1/s1. The lowest BCUT2D eigenvalue weighted by molar-refractivity contribution is -0.116. The molecule has 2 N–H and O–H groups in total. The molecule has 1 atom stereocenters. The van der Waals surface area contributed by atoms with Gasteiger partial charge in [0, 0.05) is 26.1 Å². The number of hydrogen-bond donors (Lipinski definition) is 2. The Bertz CT molecular complexity index is 466. The number of nitriles is 1. The number of aliphatic hydroxyl groups excluding tert-OH is 1. The Morgan fingerprint density at radius 3 is 3.22 bits per heavy atom. The number of thiophene rings is 1. The van der Waals surface area contributed by atoms with Crippen LogP contribution in [0.5, 0.6) is 0 Å². The molecule has 1 saturated heterocycles. The third kappa shape index (κ3) is 3.29. The molecule has 0 bridgehead atoms. The SMILES string of the molecule is N#Cc1ccsc1NC(=O)CCN1CC[C@@H](O)C1. The van der Waals surface area contributed by atoms with Gasteiger partial charge in [-0.15, -0.1) is 11.3 Å². The number of aliphatic hydroxyl groups is 1. The zero-order valence-electron chi connectivity index (χ0n) is 9.93. The summed E-state index contributed by atoms with van der Waals surface area (Å²) in [6.07, 6.45) is 0.913. The van der Waals surface area contributed by atoms with E-state index < -0.39 is 0 Å². The van der Waals surface area contributed by atoms with Gasteiger partial charge < -0.3 is 15.3 Å². The van der Waals surface area contributed by atoms with Crippen molar-refractivity contribution in [3.63, 3.8) is 0 Å². The third-order valence-electron chi connectivity index (χ3n) is 2.94. The lowest BCUT2D eigenvalue weighted by Gasteiger charge is -2.13. The number of likely N-dealkylation sites (tertiary alicyclic amines) is 1. The molecule has 0 unspecified atom stereocenters. The summed E-state index contributed by atoms with van der Waals surface area (Å²) in [4.78, 5) is 13.8. The van der Waals surface area contributed by atoms with Crippen LogP contribution in [-0.2, 0) is 4.79 Å². The van der Waals surface area contributed by atoms with Gasteiger partial charge in [0.05, 0.1) is 11.7 Å². The highest BCUT2D eigenvalue weighted by atomic mass is 32.1. The van der Waals surface area contributed by atoms with Gasteiger partial charge in [-0.2, -0.15) is 5.26 Å². The summed E-state index contributed by atoms with van der Waals surface area (Å²) in [5.41, 5.74) is 0.505. The van der Waals surface area contributed by atoms with E-state index in [4.69, 9.17) is 5.26 Å². The van der Waals surface area contributed by atoms with Crippen molar-refractivity contribution < 1.29 is 9.90 Å². The van der Waals surface area contributed by atoms with Gasteiger partial charge >= 0.3 is 0 Å². The van der Waals surface area contributed by atoms with E-state index in [2.05, 4.69) is 10.2 Å². The summed E-state index contributed by atoms with van der Waals surface area (Å²) >= 11 is 1.35. The molecule has 1 amide bonds. The number of β-amino-alcohol motifs (C(OH)–C–C–N with tert-alkyl or cyclic N) is 1. The topological polar surface area (TPSA) is 76.4 Å². The van der Waals surface area contributed by atoms with Gasteiger partial charge in [0.25, 0.3) is 0 Å². The minimum absolute atomic E-state index is 0.0876. The summed E-state index contributed by atoms with van der Waals surface area (Å²) in [6.45, 7) is 2.14. The maximum absolute atomic E-state index is 11.7. The van der Waals surface area contributed by atoms with E-state index in [0.717, 1.165) is 13.0 Å². The third-order valence-corrected chi connectivity index (χ3v) is 3.77. The van der Waals surface area contributed by atoms with Gasteiger partial charge in [0.1, 0.15) is 11.1 Å². The van der Waals surface area contributed by atoms with Gasteiger partial charge in [-0.25, -0.2) is 0 Å². The molecule has 1 aliphatic heterocycles. The van der Waals surface area contributed by atoms with E-state index in [-0.39, 0.29) is 12.0 Å². The quantitative estimate of drug-likeness (QED) is 0.852. The number of carbonyl (C=O) groups excluding carboxylic acids is 1. The number of amides is 1.